The summed E-state index contributed by atoms with van der Waals surface area (Å²) in [5.41, 5.74) is 1.64. The van der Waals surface area contributed by atoms with E-state index in [0.717, 1.165) is 17.5 Å². The molecule has 0 aromatic carbocycles. The van der Waals surface area contributed by atoms with Crippen molar-refractivity contribution in [2.75, 3.05) is 31.3 Å². The fourth-order valence-electron chi connectivity index (χ4n) is 4.22. The minimum absolute atomic E-state index is 0.0404. The van der Waals surface area contributed by atoms with Crippen LogP contribution in [0.25, 0.3) is 0 Å². The van der Waals surface area contributed by atoms with E-state index in [1.807, 2.05) is 19.1 Å². The van der Waals surface area contributed by atoms with E-state index in [9.17, 15) is 22.8 Å². The number of nitrogens with zero attached hydrogens (tertiary/aromatic N) is 3. The average Bonchev–Trinajstić information content (AvgIpc) is 3.42. The molecule has 2 aliphatic heterocycles. The van der Waals surface area contributed by atoms with Gasteiger partial charge in [0, 0.05) is 37.0 Å². The van der Waals surface area contributed by atoms with Crippen molar-refractivity contribution in [1.29, 1.82) is 0 Å². The molecule has 0 spiro atoms. The van der Waals surface area contributed by atoms with Crippen LogP contribution in [0, 0.1) is 13.8 Å². The lowest BCUT2D eigenvalue weighted by molar-refractivity contribution is -0.153. The topological polar surface area (TPSA) is 66.7 Å². The first-order valence-corrected chi connectivity index (χ1v) is 11.6. The van der Waals surface area contributed by atoms with Crippen molar-refractivity contribution in [1.82, 2.24) is 14.8 Å². The summed E-state index contributed by atoms with van der Waals surface area (Å²) in [4.78, 5) is 33.7. The molecule has 0 bridgehead atoms. The summed E-state index contributed by atoms with van der Waals surface area (Å²) in [5, 5.41) is 0. The van der Waals surface area contributed by atoms with Gasteiger partial charge in [0.05, 0.1) is 22.7 Å². The molecule has 0 saturated carbocycles. The van der Waals surface area contributed by atoms with Crippen LogP contribution in [-0.4, -0.2) is 57.9 Å². The summed E-state index contributed by atoms with van der Waals surface area (Å²) < 4.78 is 44.5. The van der Waals surface area contributed by atoms with Gasteiger partial charge in [-0.1, -0.05) is 0 Å². The number of carbonyl (C=O) groups excluding carboxylic acids is 2. The van der Waals surface area contributed by atoms with Crippen LogP contribution in [0.1, 0.15) is 62.4 Å². The molecule has 2 amide bonds. The Morgan fingerprint density at radius 3 is 2.38 bits per heavy atom. The fraction of sp³-hybridized carbons (Fsp3) is 0.500. The SMILES string of the molecule is Cc1ccc(C(=O)N2CCSC2)c(C2CCN(C(=O)c3cc(C)oc3C(F)(F)F)CC2)n1. The lowest BCUT2D eigenvalue weighted by Gasteiger charge is -2.32. The molecule has 2 aromatic rings. The Kier molecular flexibility index (Phi) is 6.24. The van der Waals surface area contributed by atoms with Crippen LogP contribution in [0.3, 0.4) is 0 Å². The second kappa shape index (κ2) is 8.80. The Labute approximate surface area is 188 Å². The number of aromatic nitrogens is 1. The van der Waals surface area contributed by atoms with Gasteiger partial charge in [-0.05, 0) is 44.9 Å². The van der Waals surface area contributed by atoms with Gasteiger partial charge in [-0.15, -0.1) is 11.8 Å². The smallest absolute Gasteiger partial charge is 0.450 e. The molecule has 0 aliphatic carbocycles. The number of piperidine rings is 1. The van der Waals surface area contributed by atoms with E-state index >= 15 is 0 Å². The summed E-state index contributed by atoms with van der Waals surface area (Å²) in [6.07, 6.45) is -3.68. The third kappa shape index (κ3) is 4.51. The number of rotatable bonds is 3. The molecule has 0 unspecified atom stereocenters. The van der Waals surface area contributed by atoms with Crippen LogP contribution in [0.2, 0.25) is 0 Å². The molecule has 0 radical (unpaired) electrons. The number of hydrogen-bond donors (Lipinski definition) is 0. The molecule has 4 rings (SSSR count). The highest BCUT2D eigenvalue weighted by Crippen LogP contribution is 2.36. The minimum atomic E-state index is -4.73. The second-order valence-corrected chi connectivity index (χ2v) is 9.23. The second-order valence-electron chi connectivity index (χ2n) is 8.16. The third-order valence-electron chi connectivity index (χ3n) is 5.85. The van der Waals surface area contributed by atoms with Crippen molar-refractivity contribution in [2.45, 2.75) is 38.8 Å². The molecule has 2 fully saturated rings. The molecule has 10 heteroatoms. The molecule has 4 heterocycles. The highest BCUT2D eigenvalue weighted by Gasteiger charge is 2.41. The molecule has 0 atom stereocenters. The van der Waals surface area contributed by atoms with Gasteiger partial charge >= 0.3 is 6.18 Å². The molecular formula is C22H24F3N3O3S. The van der Waals surface area contributed by atoms with E-state index in [0.29, 0.717) is 36.5 Å². The van der Waals surface area contributed by atoms with Gasteiger partial charge < -0.3 is 14.2 Å². The highest BCUT2D eigenvalue weighted by atomic mass is 32.2. The average molecular weight is 468 g/mol. The predicted molar refractivity (Wildman–Crippen MR) is 114 cm³/mol. The number of furan rings is 1. The van der Waals surface area contributed by atoms with Gasteiger partial charge in [-0.2, -0.15) is 13.2 Å². The van der Waals surface area contributed by atoms with Gasteiger partial charge in [0.1, 0.15) is 5.76 Å². The number of thioether (sulfide) groups is 1. The van der Waals surface area contributed by atoms with Crippen molar-refractivity contribution in [3.63, 3.8) is 0 Å². The number of hydrogen-bond acceptors (Lipinski definition) is 5. The number of aryl methyl sites for hydroxylation is 2. The zero-order valence-corrected chi connectivity index (χ0v) is 18.7. The highest BCUT2D eigenvalue weighted by molar-refractivity contribution is 7.99. The fourth-order valence-corrected chi connectivity index (χ4v) is 5.17. The van der Waals surface area contributed by atoms with Crippen LogP contribution in [0.4, 0.5) is 13.2 Å². The largest absolute Gasteiger partial charge is 0.456 e. The van der Waals surface area contributed by atoms with Crippen LogP contribution < -0.4 is 0 Å². The Balaban J connectivity index is 1.51. The normalized spacial score (nSPS) is 17.8. The quantitative estimate of drug-likeness (QED) is 0.666. The number of amides is 2. The van der Waals surface area contributed by atoms with E-state index in [1.54, 1.807) is 16.7 Å². The summed E-state index contributed by atoms with van der Waals surface area (Å²) in [7, 11) is 0. The third-order valence-corrected chi connectivity index (χ3v) is 6.81. The Morgan fingerprint density at radius 2 is 1.75 bits per heavy atom. The van der Waals surface area contributed by atoms with Crippen molar-refractivity contribution < 1.29 is 27.2 Å². The zero-order chi connectivity index (χ0) is 23.0. The van der Waals surface area contributed by atoms with Crippen LogP contribution in [0.5, 0.6) is 0 Å². The van der Waals surface area contributed by atoms with E-state index < -0.39 is 23.4 Å². The molecule has 32 heavy (non-hydrogen) atoms. The zero-order valence-electron chi connectivity index (χ0n) is 17.9. The summed E-state index contributed by atoms with van der Waals surface area (Å²) in [6, 6.07) is 4.77. The first-order chi connectivity index (χ1) is 15.1. The van der Waals surface area contributed by atoms with E-state index in [1.165, 1.54) is 11.8 Å². The minimum Gasteiger partial charge on any atom is -0.456 e. The predicted octanol–water partition coefficient (Wildman–Crippen LogP) is 4.48. The molecular weight excluding hydrogens is 443 g/mol. The molecule has 2 aromatic heterocycles. The van der Waals surface area contributed by atoms with Gasteiger partial charge in [-0.3, -0.25) is 14.6 Å². The number of likely N-dealkylation sites (tertiary alicyclic amines) is 1. The van der Waals surface area contributed by atoms with Crippen molar-refractivity contribution in [2.24, 2.45) is 0 Å². The molecule has 2 saturated heterocycles. The lowest BCUT2D eigenvalue weighted by atomic mass is 9.89. The van der Waals surface area contributed by atoms with E-state index in [2.05, 4.69) is 4.98 Å². The first-order valence-electron chi connectivity index (χ1n) is 10.5. The first kappa shape index (κ1) is 22.7. The molecule has 2 aliphatic rings. The van der Waals surface area contributed by atoms with Gasteiger partial charge in [0.15, 0.2) is 0 Å². The monoisotopic (exact) mass is 467 g/mol. The Hall–Kier alpha value is -2.49. The van der Waals surface area contributed by atoms with Crippen LogP contribution >= 0.6 is 11.8 Å². The summed E-state index contributed by atoms with van der Waals surface area (Å²) >= 11 is 1.71. The van der Waals surface area contributed by atoms with Gasteiger partial charge in [0.25, 0.3) is 11.8 Å². The Bertz CT molecular complexity index is 1020. The number of carbonyl (C=O) groups is 2. The van der Waals surface area contributed by atoms with Gasteiger partial charge in [-0.25, -0.2) is 0 Å². The summed E-state index contributed by atoms with van der Waals surface area (Å²) in [5.74, 6) is -0.406. The maximum absolute atomic E-state index is 13.2. The molecule has 0 N–H and O–H groups in total. The van der Waals surface area contributed by atoms with Crippen LogP contribution in [-0.2, 0) is 6.18 Å². The number of alkyl halides is 3. The maximum atomic E-state index is 13.2. The van der Waals surface area contributed by atoms with E-state index in [-0.39, 0.29) is 30.7 Å². The van der Waals surface area contributed by atoms with Crippen molar-refractivity contribution in [3.8, 4) is 0 Å². The molecule has 6 nitrogen and oxygen atoms in total. The van der Waals surface area contributed by atoms with Crippen molar-refractivity contribution >= 4 is 23.6 Å². The van der Waals surface area contributed by atoms with E-state index in [4.69, 9.17) is 4.42 Å². The number of pyridine rings is 1. The van der Waals surface area contributed by atoms with Gasteiger partial charge in [0.2, 0.25) is 5.76 Å². The van der Waals surface area contributed by atoms with Crippen LogP contribution in [0.15, 0.2) is 22.6 Å². The number of halogens is 3. The standard InChI is InChI=1S/C22H24F3N3O3S/c1-13-3-4-16(20(29)28-9-10-32-12-28)18(26-13)15-5-7-27(8-6-15)21(30)17-11-14(2)31-19(17)22(23,24)25/h3-4,11,15H,5-10,12H2,1-2H3. The summed E-state index contributed by atoms with van der Waals surface area (Å²) in [6.45, 7) is 4.53. The Morgan fingerprint density at radius 1 is 1.06 bits per heavy atom. The molecule has 172 valence electrons. The maximum Gasteiger partial charge on any atom is 0.450 e. The lowest BCUT2D eigenvalue weighted by Crippen LogP contribution is -2.39. The van der Waals surface area contributed by atoms with Crippen molar-refractivity contribution in [3.05, 3.63) is 52.2 Å².